The van der Waals surface area contributed by atoms with Gasteiger partial charge in [-0.25, -0.2) is 0 Å². The Balaban J connectivity index is 2.09. The van der Waals surface area contributed by atoms with Crippen LogP contribution in [0.15, 0.2) is 54.2 Å². The molecule has 0 aliphatic carbocycles. The number of hydrogen-bond acceptors (Lipinski definition) is 5. The summed E-state index contributed by atoms with van der Waals surface area (Å²) in [5, 5.41) is 15.4. The van der Waals surface area contributed by atoms with Gasteiger partial charge >= 0.3 is 0 Å². The van der Waals surface area contributed by atoms with Gasteiger partial charge in [-0.15, -0.1) is 0 Å². The van der Waals surface area contributed by atoms with Crippen molar-refractivity contribution in [2.45, 2.75) is 6.54 Å². The lowest BCUT2D eigenvalue weighted by molar-refractivity contribution is -0.117. The van der Waals surface area contributed by atoms with E-state index in [0.29, 0.717) is 22.2 Å². The molecule has 0 saturated heterocycles. The van der Waals surface area contributed by atoms with Gasteiger partial charge in [-0.2, -0.15) is 5.26 Å². The lowest BCUT2D eigenvalue weighted by atomic mass is 10.2. The molecule has 0 aromatic heterocycles. The summed E-state index contributed by atoms with van der Waals surface area (Å²) in [5.41, 5.74) is 1.25. The van der Waals surface area contributed by atoms with E-state index in [1.165, 1.54) is 13.3 Å². The van der Waals surface area contributed by atoms with Crippen LogP contribution in [0.25, 0.3) is 0 Å². The number of carbonyl (C=O) groups is 1. The average Bonchev–Trinajstić information content (AvgIpc) is 2.67. The molecule has 0 radical (unpaired) electrons. The van der Waals surface area contributed by atoms with Gasteiger partial charge in [0.15, 0.2) is 0 Å². The summed E-state index contributed by atoms with van der Waals surface area (Å²) < 4.78 is 10.4. The number of nitrogens with zero attached hydrogens (tertiary/aromatic N) is 1. The first-order valence-electron chi connectivity index (χ1n) is 7.69. The molecule has 0 unspecified atom stereocenters. The first-order chi connectivity index (χ1) is 12.6. The number of halogens is 1. The zero-order chi connectivity index (χ0) is 18.9. The fraction of sp³-hybridized carbons (Fsp3) is 0.158. The van der Waals surface area contributed by atoms with Crippen molar-refractivity contribution < 1.29 is 14.3 Å². The van der Waals surface area contributed by atoms with Crippen molar-refractivity contribution >= 4 is 23.2 Å². The second-order valence-corrected chi connectivity index (χ2v) is 5.56. The van der Waals surface area contributed by atoms with Crippen LogP contribution in [0.4, 0.5) is 5.69 Å². The molecule has 0 bridgehead atoms. The van der Waals surface area contributed by atoms with Crippen molar-refractivity contribution in [2.75, 3.05) is 19.5 Å². The zero-order valence-corrected chi connectivity index (χ0v) is 15.1. The largest absolute Gasteiger partial charge is 0.497 e. The molecule has 0 atom stereocenters. The van der Waals surface area contributed by atoms with Gasteiger partial charge in [-0.1, -0.05) is 29.8 Å². The quantitative estimate of drug-likeness (QED) is 0.575. The Bertz CT molecular complexity index is 859. The minimum Gasteiger partial charge on any atom is -0.497 e. The minimum absolute atomic E-state index is 0.0815. The van der Waals surface area contributed by atoms with E-state index in [2.05, 4.69) is 10.6 Å². The number of anilines is 1. The number of methoxy groups -OCH3 is 2. The molecule has 0 heterocycles. The second-order valence-electron chi connectivity index (χ2n) is 5.15. The molecule has 0 aliphatic heterocycles. The highest BCUT2D eigenvalue weighted by Gasteiger charge is 2.10. The Labute approximate surface area is 157 Å². The van der Waals surface area contributed by atoms with Crippen LogP contribution in [0.5, 0.6) is 11.5 Å². The van der Waals surface area contributed by atoms with E-state index in [-0.39, 0.29) is 12.1 Å². The predicted molar refractivity (Wildman–Crippen MR) is 100 cm³/mol. The molecule has 2 aromatic rings. The standard InChI is InChI=1S/C19H18ClN3O3/c1-25-15-7-8-18(26-2)17(9-15)22-12-14(10-21)19(24)23-11-13-5-3-4-6-16(13)20/h3-9,12,22H,11H2,1-2H3,(H,23,24)/b14-12-. The molecule has 0 saturated carbocycles. The molecule has 134 valence electrons. The summed E-state index contributed by atoms with van der Waals surface area (Å²) in [6.45, 7) is 0.222. The van der Waals surface area contributed by atoms with Gasteiger partial charge < -0.3 is 20.1 Å². The summed E-state index contributed by atoms with van der Waals surface area (Å²) in [6.07, 6.45) is 1.32. The highest BCUT2D eigenvalue weighted by molar-refractivity contribution is 6.31. The monoisotopic (exact) mass is 371 g/mol. The van der Waals surface area contributed by atoms with Crippen LogP contribution in [0.1, 0.15) is 5.56 Å². The maximum Gasteiger partial charge on any atom is 0.263 e. The van der Waals surface area contributed by atoms with Crippen LogP contribution in [0.3, 0.4) is 0 Å². The average molecular weight is 372 g/mol. The summed E-state index contributed by atoms with van der Waals surface area (Å²) in [4.78, 5) is 12.2. The maximum absolute atomic E-state index is 12.2. The summed E-state index contributed by atoms with van der Waals surface area (Å²) >= 11 is 6.06. The molecule has 0 spiro atoms. The molecule has 0 fully saturated rings. The fourth-order valence-electron chi connectivity index (χ4n) is 2.14. The number of amides is 1. The maximum atomic E-state index is 12.2. The molecular weight excluding hydrogens is 354 g/mol. The third-order valence-electron chi connectivity index (χ3n) is 3.54. The lowest BCUT2D eigenvalue weighted by Crippen LogP contribution is -2.24. The van der Waals surface area contributed by atoms with Gasteiger partial charge in [0.05, 0.1) is 19.9 Å². The van der Waals surface area contributed by atoms with Crippen molar-refractivity contribution in [1.29, 1.82) is 5.26 Å². The predicted octanol–water partition coefficient (Wildman–Crippen LogP) is 3.49. The van der Waals surface area contributed by atoms with Crippen LogP contribution in [0.2, 0.25) is 5.02 Å². The van der Waals surface area contributed by atoms with Crippen LogP contribution in [-0.2, 0) is 11.3 Å². The van der Waals surface area contributed by atoms with E-state index in [9.17, 15) is 10.1 Å². The first kappa shape index (κ1) is 19.2. The Kier molecular flexibility index (Phi) is 6.89. The van der Waals surface area contributed by atoms with E-state index in [0.717, 1.165) is 5.56 Å². The van der Waals surface area contributed by atoms with Crippen LogP contribution in [0, 0.1) is 11.3 Å². The third-order valence-corrected chi connectivity index (χ3v) is 3.91. The van der Waals surface area contributed by atoms with Crippen molar-refractivity contribution in [3.05, 3.63) is 64.8 Å². The molecule has 2 aromatic carbocycles. The van der Waals surface area contributed by atoms with Crippen molar-refractivity contribution in [1.82, 2.24) is 5.32 Å². The smallest absolute Gasteiger partial charge is 0.263 e. The highest BCUT2D eigenvalue weighted by atomic mass is 35.5. The molecular formula is C19H18ClN3O3. The van der Waals surface area contributed by atoms with Gasteiger partial charge in [0.2, 0.25) is 0 Å². The van der Waals surface area contributed by atoms with E-state index < -0.39 is 5.91 Å². The van der Waals surface area contributed by atoms with Gasteiger partial charge in [0, 0.05) is 23.8 Å². The Morgan fingerprint density at radius 2 is 2.00 bits per heavy atom. The number of nitriles is 1. The van der Waals surface area contributed by atoms with E-state index >= 15 is 0 Å². The Morgan fingerprint density at radius 1 is 1.23 bits per heavy atom. The van der Waals surface area contributed by atoms with Crippen LogP contribution in [-0.4, -0.2) is 20.1 Å². The van der Waals surface area contributed by atoms with Gasteiger partial charge in [-0.3, -0.25) is 4.79 Å². The third kappa shape index (κ3) is 4.91. The highest BCUT2D eigenvalue weighted by Crippen LogP contribution is 2.29. The molecule has 0 aliphatic rings. The number of hydrogen-bond donors (Lipinski definition) is 2. The van der Waals surface area contributed by atoms with Crippen LogP contribution >= 0.6 is 11.6 Å². The molecule has 2 N–H and O–H groups in total. The van der Waals surface area contributed by atoms with Crippen molar-refractivity contribution in [2.24, 2.45) is 0 Å². The van der Waals surface area contributed by atoms with E-state index in [4.69, 9.17) is 21.1 Å². The number of nitrogens with one attached hydrogen (secondary N) is 2. The van der Waals surface area contributed by atoms with Crippen LogP contribution < -0.4 is 20.1 Å². The normalized spacial score (nSPS) is 10.6. The van der Waals surface area contributed by atoms with E-state index in [1.54, 1.807) is 43.5 Å². The molecule has 7 heteroatoms. The summed E-state index contributed by atoms with van der Waals surface area (Å²) in [7, 11) is 3.07. The number of rotatable bonds is 7. The topological polar surface area (TPSA) is 83.4 Å². The Morgan fingerprint density at radius 3 is 2.65 bits per heavy atom. The number of carbonyl (C=O) groups excluding carboxylic acids is 1. The van der Waals surface area contributed by atoms with Gasteiger partial charge in [0.1, 0.15) is 23.1 Å². The molecule has 2 rings (SSSR count). The number of ether oxygens (including phenoxy) is 2. The van der Waals surface area contributed by atoms with Crippen molar-refractivity contribution in [3.63, 3.8) is 0 Å². The SMILES string of the molecule is COc1ccc(OC)c(N/C=C(/C#N)C(=O)NCc2ccccc2Cl)c1. The lowest BCUT2D eigenvalue weighted by Gasteiger charge is -2.11. The molecule has 1 amide bonds. The van der Waals surface area contributed by atoms with Gasteiger partial charge in [-0.05, 0) is 23.8 Å². The molecule has 6 nitrogen and oxygen atoms in total. The zero-order valence-electron chi connectivity index (χ0n) is 14.4. The van der Waals surface area contributed by atoms with Gasteiger partial charge in [0.25, 0.3) is 5.91 Å². The number of benzene rings is 2. The van der Waals surface area contributed by atoms with Crippen molar-refractivity contribution in [3.8, 4) is 17.6 Å². The molecule has 26 heavy (non-hydrogen) atoms. The fourth-order valence-corrected chi connectivity index (χ4v) is 2.34. The minimum atomic E-state index is -0.512. The summed E-state index contributed by atoms with van der Waals surface area (Å²) in [5.74, 6) is 0.654. The van der Waals surface area contributed by atoms with E-state index in [1.807, 2.05) is 12.1 Å². The Hall–Kier alpha value is -3.17. The summed E-state index contributed by atoms with van der Waals surface area (Å²) in [6, 6.07) is 14.2. The second kappa shape index (κ2) is 9.35. The first-order valence-corrected chi connectivity index (χ1v) is 8.07.